The number of anilines is 1. The monoisotopic (exact) mass is 237 g/mol. The van der Waals surface area contributed by atoms with Gasteiger partial charge in [-0.1, -0.05) is 0 Å². The lowest BCUT2D eigenvalue weighted by atomic mass is 10.2. The molecule has 0 aliphatic rings. The average Bonchev–Trinajstić information content (AvgIpc) is 2.53. The summed E-state index contributed by atoms with van der Waals surface area (Å²) < 4.78 is 6.87. The highest BCUT2D eigenvalue weighted by Crippen LogP contribution is 2.13. The van der Waals surface area contributed by atoms with Gasteiger partial charge in [-0.25, -0.2) is 4.79 Å². The van der Waals surface area contributed by atoms with E-state index in [1.54, 1.807) is 17.0 Å². The van der Waals surface area contributed by atoms with Crippen LogP contribution in [-0.4, -0.2) is 21.4 Å². The van der Waals surface area contributed by atoms with Crippen LogP contribution in [0.15, 0.2) is 12.3 Å². The van der Waals surface area contributed by atoms with Crippen LogP contribution in [0.2, 0.25) is 0 Å². The molecule has 0 aliphatic heterocycles. The summed E-state index contributed by atoms with van der Waals surface area (Å²) in [6, 6.07) is 0. The molecular formula is C12H19N3O2. The molecule has 1 rings (SSSR count). The van der Waals surface area contributed by atoms with Gasteiger partial charge in [0.25, 0.3) is 0 Å². The van der Waals surface area contributed by atoms with Crippen molar-refractivity contribution < 1.29 is 9.53 Å². The maximum Gasteiger partial charge on any atom is 0.331 e. The summed E-state index contributed by atoms with van der Waals surface area (Å²) in [6.07, 6.45) is 4.56. The lowest BCUT2D eigenvalue weighted by Crippen LogP contribution is -2.22. The molecule has 0 atom stereocenters. The van der Waals surface area contributed by atoms with Gasteiger partial charge in [0, 0.05) is 12.6 Å². The van der Waals surface area contributed by atoms with E-state index in [1.807, 2.05) is 27.7 Å². The minimum absolute atomic E-state index is 0.388. The van der Waals surface area contributed by atoms with Crippen molar-refractivity contribution >= 4 is 17.7 Å². The number of hydrogen-bond acceptors (Lipinski definition) is 4. The Balaban J connectivity index is 2.77. The summed E-state index contributed by atoms with van der Waals surface area (Å²) in [7, 11) is 0. The van der Waals surface area contributed by atoms with Gasteiger partial charge in [0.05, 0.1) is 17.6 Å². The molecule has 0 bridgehead atoms. The molecule has 1 heterocycles. The highest BCUT2D eigenvalue weighted by molar-refractivity contribution is 5.88. The van der Waals surface area contributed by atoms with Crippen LogP contribution in [0.3, 0.4) is 0 Å². The third-order valence-electron chi connectivity index (χ3n) is 1.99. The van der Waals surface area contributed by atoms with Gasteiger partial charge in [-0.3, -0.25) is 4.68 Å². The molecule has 0 radical (unpaired) electrons. The number of rotatable bonds is 3. The van der Waals surface area contributed by atoms with Gasteiger partial charge in [-0.2, -0.15) is 5.10 Å². The molecule has 0 saturated heterocycles. The molecule has 0 amide bonds. The second-order valence-corrected chi connectivity index (χ2v) is 4.67. The number of ether oxygens (including phenoxy) is 1. The Morgan fingerprint density at radius 3 is 2.76 bits per heavy atom. The van der Waals surface area contributed by atoms with E-state index in [9.17, 15) is 4.79 Å². The fraction of sp³-hybridized carbons (Fsp3) is 0.500. The fourth-order valence-corrected chi connectivity index (χ4v) is 1.33. The Morgan fingerprint density at radius 2 is 2.24 bits per heavy atom. The first-order valence-electron chi connectivity index (χ1n) is 5.56. The molecule has 17 heavy (non-hydrogen) atoms. The summed E-state index contributed by atoms with van der Waals surface area (Å²) in [5, 5.41) is 4.08. The van der Waals surface area contributed by atoms with Crippen LogP contribution in [0.4, 0.5) is 5.69 Å². The molecule has 0 aromatic carbocycles. The Bertz CT molecular complexity index is 427. The number of nitrogen functional groups attached to an aromatic ring is 1. The molecule has 1 aromatic heterocycles. The molecule has 1 aromatic rings. The van der Waals surface area contributed by atoms with Crippen molar-refractivity contribution in [1.82, 2.24) is 9.78 Å². The van der Waals surface area contributed by atoms with Gasteiger partial charge in [-0.05, 0) is 33.8 Å². The Kier molecular flexibility index (Phi) is 3.93. The van der Waals surface area contributed by atoms with Crippen molar-refractivity contribution in [2.75, 3.05) is 5.73 Å². The number of carbonyl (C=O) groups excluding carboxylic acids is 1. The number of hydrogen-bond donors (Lipinski definition) is 1. The maximum absolute atomic E-state index is 11.5. The summed E-state index contributed by atoms with van der Waals surface area (Å²) in [5.74, 6) is -0.388. The van der Waals surface area contributed by atoms with E-state index in [0.717, 1.165) is 5.69 Å². The van der Waals surface area contributed by atoms with Gasteiger partial charge in [0.15, 0.2) is 0 Å². The highest BCUT2D eigenvalue weighted by Gasteiger charge is 2.14. The molecular weight excluding hydrogens is 218 g/mol. The van der Waals surface area contributed by atoms with Crippen LogP contribution in [0.25, 0.3) is 6.08 Å². The number of carbonyl (C=O) groups is 1. The van der Waals surface area contributed by atoms with Crippen LogP contribution in [0, 0.1) is 0 Å². The van der Waals surface area contributed by atoms with E-state index in [1.165, 1.54) is 6.08 Å². The van der Waals surface area contributed by atoms with E-state index in [4.69, 9.17) is 10.5 Å². The summed E-state index contributed by atoms with van der Waals surface area (Å²) in [6.45, 7) is 8.12. The molecule has 2 N–H and O–H groups in total. The zero-order valence-corrected chi connectivity index (χ0v) is 10.7. The minimum atomic E-state index is -0.488. The lowest BCUT2D eigenvalue weighted by Gasteiger charge is -2.17. The van der Waals surface area contributed by atoms with Gasteiger partial charge in [-0.15, -0.1) is 0 Å². The summed E-state index contributed by atoms with van der Waals surface area (Å²) in [4.78, 5) is 11.5. The predicted molar refractivity (Wildman–Crippen MR) is 67.2 cm³/mol. The number of nitrogens with zero attached hydrogens (tertiary/aromatic N) is 2. The molecule has 94 valence electrons. The fourth-order valence-electron chi connectivity index (χ4n) is 1.33. The third-order valence-corrected chi connectivity index (χ3v) is 1.99. The van der Waals surface area contributed by atoms with Crippen molar-refractivity contribution in [1.29, 1.82) is 0 Å². The number of aromatic nitrogens is 2. The van der Waals surface area contributed by atoms with E-state index < -0.39 is 5.60 Å². The van der Waals surface area contributed by atoms with Crippen molar-refractivity contribution in [2.24, 2.45) is 0 Å². The smallest absolute Gasteiger partial charge is 0.331 e. The van der Waals surface area contributed by atoms with Gasteiger partial charge >= 0.3 is 5.97 Å². The van der Waals surface area contributed by atoms with Gasteiger partial charge in [0.1, 0.15) is 5.60 Å². The quantitative estimate of drug-likeness (QED) is 0.643. The van der Waals surface area contributed by atoms with Crippen LogP contribution >= 0.6 is 0 Å². The topological polar surface area (TPSA) is 70.1 Å². The SMILES string of the molecule is CCn1ncc(N)c1/C=C/C(=O)OC(C)(C)C. The predicted octanol–water partition coefficient (Wildman–Crippen LogP) is 1.84. The molecule has 0 spiro atoms. The summed E-state index contributed by atoms with van der Waals surface area (Å²) in [5.41, 5.74) is 6.52. The molecule has 5 heteroatoms. The van der Waals surface area contributed by atoms with Crippen LogP contribution in [-0.2, 0) is 16.1 Å². The standard InChI is InChI=1S/C12H19N3O2/c1-5-15-10(9(13)8-14-15)6-7-11(16)17-12(2,3)4/h6-8H,5,13H2,1-4H3/b7-6+. The first kappa shape index (κ1) is 13.3. The minimum Gasteiger partial charge on any atom is -0.457 e. The Hall–Kier alpha value is -1.78. The second-order valence-electron chi connectivity index (χ2n) is 4.67. The molecule has 5 nitrogen and oxygen atoms in total. The third kappa shape index (κ3) is 3.94. The van der Waals surface area contributed by atoms with Crippen LogP contribution in [0.1, 0.15) is 33.4 Å². The second kappa shape index (κ2) is 5.03. The number of esters is 1. The van der Waals surface area contributed by atoms with Crippen molar-refractivity contribution in [3.05, 3.63) is 18.0 Å². The molecule has 0 saturated carbocycles. The van der Waals surface area contributed by atoms with Gasteiger partial charge < -0.3 is 10.5 Å². The lowest BCUT2D eigenvalue weighted by molar-refractivity contribution is -0.148. The van der Waals surface area contributed by atoms with E-state index >= 15 is 0 Å². The van der Waals surface area contributed by atoms with Crippen molar-refractivity contribution in [3.8, 4) is 0 Å². The molecule has 0 unspecified atom stereocenters. The zero-order chi connectivity index (χ0) is 13.1. The Morgan fingerprint density at radius 1 is 1.59 bits per heavy atom. The van der Waals surface area contributed by atoms with Gasteiger partial charge in [0.2, 0.25) is 0 Å². The van der Waals surface area contributed by atoms with E-state index in [2.05, 4.69) is 5.10 Å². The number of nitrogens with two attached hydrogens (primary N) is 1. The van der Waals surface area contributed by atoms with E-state index in [-0.39, 0.29) is 5.97 Å². The first-order chi connectivity index (χ1) is 7.83. The highest BCUT2D eigenvalue weighted by atomic mass is 16.6. The molecule has 0 fully saturated rings. The number of aryl methyl sites for hydroxylation is 1. The molecule has 0 aliphatic carbocycles. The normalized spacial score (nSPS) is 12.0. The van der Waals surface area contributed by atoms with Crippen LogP contribution in [0.5, 0.6) is 0 Å². The van der Waals surface area contributed by atoms with E-state index in [0.29, 0.717) is 12.2 Å². The first-order valence-corrected chi connectivity index (χ1v) is 5.56. The average molecular weight is 237 g/mol. The van der Waals surface area contributed by atoms with Crippen molar-refractivity contribution in [3.63, 3.8) is 0 Å². The zero-order valence-electron chi connectivity index (χ0n) is 10.7. The van der Waals surface area contributed by atoms with Crippen LogP contribution < -0.4 is 5.73 Å². The Labute approximate surface area is 101 Å². The largest absolute Gasteiger partial charge is 0.457 e. The van der Waals surface area contributed by atoms with Crippen molar-refractivity contribution in [2.45, 2.75) is 39.8 Å². The summed E-state index contributed by atoms with van der Waals surface area (Å²) >= 11 is 0. The maximum atomic E-state index is 11.5.